The highest BCUT2D eigenvalue weighted by atomic mass is 35.5. The maximum absolute atomic E-state index is 12.7. The van der Waals surface area contributed by atoms with Crippen LogP contribution in [0.1, 0.15) is 6.42 Å². The Hall–Kier alpha value is -2.31. The van der Waals surface area contributed by atoms with Gasteiger partial charge in [-0.25, -0.2) is 10.2 Å². The van der Waals surface area contributed by atoms with Crippen LogP contribution in [0.4, 0.5) is 11.4 Å². The van der Waals surface area contributed by atoms with E-state index >= 15 is 0 Å². The first-order valence-electron chi connectivity index (χ1n) is 7.74. The standard InChI is InChI=1S/C18H16ClN3O2S/c1-20-18(21-13-7-5-6-12(19)10-13)25-15-11-16(23)22(17(15)24)14-8-3-2-4-9-14/h2-10,15H,11H2,1H3,(H,20,21)/p+1. The van der Waals surface area contributed by atoms with E-state index in [0.717, 1.165) is 5.69 Å². The van der Waals surface area contributed by atoms with Gasteiger partial charge in [-0.1, -0.05) is 35.9 Å². The molecule has 0 aromatic heterocycles. The number of anilines is 2. The Balaban J connectivity index is 1.72. The lowest BCUT2D eigenvalue weighted by molar-refractivity contribution is -0.416. The molecule has 1 heterocycles. The minimum absolute atomic E-state index is 0.167. The van der Waals surface area contributed by atoms with Gasteiger partial charge in [-0.05, 0) is 36.0 Å². The molecular weight excluding hydrogens is 358 g/mol. The van der Waals surface area contributed by atoms with Crippen LogP contribution in [0.3, 0.4) is 0 Å². The maximum atomic E-state index is 12.7. The predicted octanol–water partition coefficient (Wildman–Crippen LogP) is 1.88. The molecule has 0 bridgehead atoms. The number of rotatable bonds is 3. The molecule has 1 aliphatic heterocycles. The van der Waals surface area contributed by atoms with Gasteiger partial charge in [0.15, 0.2) is 0 Å². The second-order valence-corrected chi connectivity index (χ2v) is 7.08. The van der Waals surface area contributed by atoms with Crippen molar-refractivity contribution >= 4 is 51.7 Å². The number of carbonyl (C=O) groups is 2. The summed E-state index contributed by atoms with van der Waals surface area (Å²) in [5.74, 6) is -0.395. The fraction of sp³-hybridized carbons (Fsp3) is 0.167. The minimum atomic E-state index is -0.471. The summed E-state index contributed by atoms with van der Waals surface area (Å²) in [4.78, 5) is 29.2. The molecule has 2 amide bonds. The number of imide groups is 1. The van der Waals surface area contributed by atoms with Crippen molar-refractivity contribution in [3.63, 3.8) is 0 Å². The van der Waals surface area contributed by atoms with Crippen molar-refractivity contribution in [2.45, 2.75) is 11.7 Å². The molecule has 3 rings (SSSR count). The topological polar surface area (TPSA) is 63.4 Å². The average Bonchev–Trinajstić information content (AvgIpc) is 2.88. The molecule has 2 aromatic carbocycles. The highest BCUT2D eigenvalue weighted by Crippen LogP contribution is 2.30. The van der Waals surface area contributed by atoms with Gasteiger partial charge in [0.25, 0.3) is 0 Å². The molecule has 2 aromatic rings. The van der Waals surface area contributed by atoms with E-state index in [1.165, 1.54) is 16.7 Å². The van der Waals surface area contributed by atoms with E-state index in [-0.39, 0.29) is 18.2 Å². The lowest BCUT2D eigenvalue weighted by Crippen LogP contribution is -2.69. The summed E-state index contributed by atoms with van der Waals surface area (Å²) in [5, 5.41) is 4.02. The number of hydrogen-bond donors (Lipinski definition) is 2. The molecule has 1 saturated heterocycles. The molecule has 25 heavy (non-hydrogen) atoms. The molecule has 0 saturated carbocycles. The molecule has 2 N–H and O–H groups in total. The van der Waals surface area contributed by atoms with Gasteiger partial charge in [0.05, 0.1) is 12.7 Å². The molecule has 0 spiro atoms. The number of hydrogen-bond acceptors (Lipinski definition) is 3. The van der Waals surface area contributed by atoms with Gasteiger partial charge in [0.2, 0.25) is 11.8 Å². The van der Waals surface area contributed by atoms with Gasteiger partial charge in [0, 0.05) is 17.5 Å². The van der Waals surface area contributed by atoms with E-state index in [4.69, 9.17) is 11.6 Å². The Bertz CT molecular complexity index is 826. The number of benzene rings is 2. The number of carbonyl (C=O) groups excluding carboxylic acids is 2. The average molecular weight is 375 g/mol. The summed E-state index contributed by atoms with van der Waals surface area (Å²) in [7, 11) is 1.76. The summed E-state index contributed by atoms with van der Waals surface area (Å²) in [5.41, 5.74) is 1.41. The molecule has 1 aliphatic rings. The first kappa shape index (κ1) is 17.5. The van der Waals surface area contributed by atoms with E-state index in [1.54, 1.807) is 31.3 Å². The smallest absolute Gasteiger partial charge is 0.274 e. The Morgan fingerprint density at radius 1 is 1.20 bits per heavy atom. The zero-order chi connectivity index (χ0) is 17.8. The Labute approximate surface area is 155 Å². The Morgan fingerprint density at radius 3 is 2.64 bits per heavy atom. The van der Waals surface area contributed by atoms with Gasteiger partial charge in [-0.3, -0.25) is 14.6 Å². The van der Waals surface area contributed by atoms with Crippen molar-refractivity contribution in [2.75, 3.05) is 17.3 Å². The van der Waals surface area contributed by atoms with Gasteiger partial charge in [-0.2, -0.15) is 0 Å². The lowest BCUT2D eigenvalue weighted by Gasteiger charge is -2.14. The second-order valence-electron chi connectivity index (χ2n) is 5.43. The predicted molar refractivity (Wildman–Crippen MR) is 102 cm³/mol. The van der Waals surface area contributed by atoms with Gasteiger partial charge in [0.1, 0.15) is 10.9 Å². The Morgan fingerprint density at radius 2 is 1.96 bits per heavy atom. The van der Waals surface area contributed by atoms with Crippen LogP contribution in [0.5, 0.6) is 0 Å². The molecule has 1 atom stereocenters. The van der Waals surface area contributed by atoms with E-state index in [9.17, 15) is 9.59 Å². The molecule has 128 valence electrons. The first-order chi connectivity index (χ1) is 12.1. The number of amidine groups is 1. The maximum Gasteiger partial charge on any atom is 0.309 e. The largest absolute Gasteiger partial charge is 0.309 e. The van der Waals surface area contributed by atoms with Crippen molar-refractivity contribution in [3.8, 4) is 0 Å². The summed E-state index contributed by atoms with van der Waals surface area (Å²) in [6.45, 7) is 0. The third-order valence-corrected chi connectivity index (χ3v) is 5.12. The first-order valence-corrected chi connectivity index (χ1v) is 9.00. The molecule has 0 aliphatic carbocycles. The van der Waals surface area contributed by atoms with E-state index < -0.39 is 5.25 Å². The van der Waals surface area contributed by atoms with Crippen LogP contribution in [-0.4, -0.2) is 29.3 Å². The zero-order valence-corrected chi connectivity index (χ0v) is 15.1. The number of para-hydroxylation sites is 1. The third kappa shape index (κ3) is 4.03. The number of nitrogens with zero attached hydrogens (tertiary/aromatic N) is 1. The molecule has 1 fully saturated rings. The Kier molecular flexibility index (Phi) is 5.40. The third-order valence-electron chi connectivity index (χ3n) is 3.69. The van der Waals surface area contributed by atoms with Crippen LogP contribution < -0.4 is 15.2 Å². The van der Waals surface area contributed by atoms with E-state index in [0.29, 0.717) is 15.9 Å². The molecule has 1 unspecified atom stereocenters. The SMILES string of the molecule is C[NH+]=C(Nc1cccc(Cl)c1)SC1CC(=O)N(c2ccccc2)C1=O. The highest BCUT2D eigenvalue weighted by Gasteiger charge is 2.41. The monoisotopic (exact) mass is 374 g/mol. The number of nitrogens with one attached hydrogen (secondary N) is 2. The second kappa shape index (κ2) is 7.72. The van der Waals surface area contributed by atoms with Crippen molar-refractivity contribution in [3.05, 3.63) is 59.6 Å². The normalized spacial score (nSPS) is 17.9. The van der Waals surface area contributed by atoms with Crippen molar-refractivity contribution < 1.29 is 14.6 Å². The summed E-state index contributed by atoms with van der Waals surface area (Å²) in [6, 6.07) is 16.3. The van der Waals surface area contributed by atoms with Crippen LogP contribution in [0, 0.1) is 0 Å². The van der Waals surface area contributed by atoms with Gasteiger partial charge >= 0.3 is 5.17 Å². The highest BCUT2D eigenvalue weighted by molar-refractivity contribution is 8.15. The van der Waals surface area contributed by atoms with Crippen LogP contribution >= 0.6 is 23.4 Å². The summed E-state index contributed by atoms with van der Waals surface area (Å²) < 4.78 is 0. The van der Waals surface area contributed by atoms with Crippen LogP contribution in [0.25, 0.3) is 0 Å². The van der Waals surface area contributed by atoms with E-state index in [1.807, 2.05) is 30.3 Å². The zero-order valence-electron chi connectivity index (χ0n) is 13.5. The number of thioether (sulfide) groups is 1. The van der Waals surface area contributed by atoms with Crippen molar-refractivity contribution in [2.24, 2.45) is 0 Å². The minimum Gasteiger partial charge on any atom is -0.274 e. The molecular formula is C18H17ClN3O2S+. The summed E-state index contributed by atoms with van der Waals surface area (Å²) in [6.07, 6.45) is 0.167. The van der Waals surface area contributed by atoms with Gasteiger partial charge < -0.3 is 0 Å². The van der Waals surface area contributed by atoms with Gasteiger partial charge in [-0.15, -0.1) is 0 Å². The van der Waals surface area contributed by atoms with E-state index in [2.05, 4.69) is 10.3 Å². The quantitative estimate of drug-likeness (QED) is 0.489. The van der Waals surface area contributed by atoms with Crippen LogP contribution in [0.2, 0.25) is 5.02 Å². The number of amides is 2. The van der Waals surface area contributed by atoms with Crippen molar-refractivity contribution in [1.82, 2.24) is 0 Å². The van der Waals surface area contributed by atoms with Crippen LogP contribution in [0.15, 0.2) is 54.6 Å². The summed E-state index contributed by atoms with van der Waals surface area (Å²) >= 11 is 7.29. The fourth-order valence-electron chi connectivity index (χ4n) is 2.53. The number of halogens is 1. The lowest BCUT2D eigenvalue weighted by atomic mass is 10.3. The molecule has 5 nitrogen and oxygen atoms in total. The van der Waals surface area contributed by atoms with Crippen LogP contribution in [-0.2, 0) is 9.59 Å². The van der Waals surface area contributed by atoms with Crippen molar-refractivity contribution in [1.29, 1.82) is 0 Å². The molecule has 7 heteroatoms. The molecule has 0 radical (unpaired) electrons. The fourth-order valence-corrected chi connectivity index (χ4v) is 3.74.